The van der Waals surface area contributed by atoms with Gasteiger partial charge in [-0.1, -0.05) is 89.7 Å². The van der Waals surface area contributed by atoms with Crippen molar-refractivity contribution in [1.29, 1.82) is 0 Å². The van der Waals surface area contributed by atoms with Gasteiger partial charge < -0.3 is 24.8 Å². The molecule has 5 heteroatoms. The van der Waals surface area contributed by atoms with Gasteiger partial charge in [0.05, 0.1) is 13.2 Å². The minimum atomic E-state index is -0.984. The molecule has 1 saturated heterocycles. The van der Waals surface area contributed by atoms with Gasteiger partial charge >= 0.3 is 0 Å². The summed E-state index contributed by atoms with van der Waals surface area (Å²) in [4.78, 5) is 0. The lowest BCUT2D eigenvalue weighted by Gasteiger charge is -2.24. The van der Waals surface area contributed by atoms with E-state index in [0.29, 0.717) is 6.61 Å². The third-order valence-corrected chi connectivity index (χ3v) is 6.22. The molecule has 184 valence electrons. The number of hydrogen-bond acceptors (Lipinski definition) is 5. The molecule has 0 aromatic carbocycles. The number of allylic oxidation sites excluding steroid dienone is 2. The molecule has 0 spiro atoms. The van der Waals surface area contributed by atoms with Crippen molar-refractivity contribution in [1.82, 2.24) is 0 Å². The van der Waals surface area contributed by atoms with Gasteiger partial charge in [-0.2, -0.15) is 0 Å². The number of ether oxygens (including phenoxy) is 2. The second-order valence-electron chi connectivity index (χ2n) is 9.09. The Morgan fingerprint density at radius 2 is 1.32 bits per heavy atom. The topological polar surface area (TPSA) is 79.2 Å². The van der Waals surface area contributed by atoms with E-state index in [9.17, 15) is 15.3 Å². The van der Waals surface area contributed by atoms with Gasteiger partial charge in [-0.3, -0.25) is 0 Å². The van der Waals surface area contributed by atoms with E-state index in [1.165, 1.54) is 77.0 Å². The van der Waals surface area contributed by atoms with E-state index in [2.05, 4.69) is 19.1 Å². The van der Waals surface area contributed by atoms with Crippen molar-refractivity contribution in [3.05, 3.63) is 12.2 Å². The highest BCUT2D eigenvalue weighted by Crippen LogP contribution is 2.20. The summed E-state index contributed by atoms with van der Waals surface area (Å²) in [5.41, 5.74) is 0. The molecule has 0 radical (unpaired) electrons. The first-order valence-electron chi connectivity index (χ1n) is 13.1. The van der Waals surface area contributed by atoms with E-state index < -0.39 is 24.4 Å². The van der Waals surface area contributed by atoms with Crippen LogP contribution >= 0.6 is 0 Å². The number of aliphatic hydroxyl groups is 3. The second-order valence-corrected chi connectivity index (χ2v) is 9.09. The molecule has 0 saturated carbocycles. The molecule has 1 aliphatic rings. The zero-order valence-corrected chi connectivity index (χ0v) is 20.1. The summed E-state index contributed by atoms with van der Waals surface area (Å²) in [6, 6.07) is 0. The first kappa shape index (κ1) is 28.6. The maximum absolute atomic E-state index is 9.84. The van der Waals surface area contributed by atoms with Crippen molar-refractivity contribution in [2.45, 2.75) is 134 Å². The highest BCUT2D eigenvalue weighted by Gasteiger charge is 2.40. The summed E-state index contributed by atoms with van der Waals surface area (Å²) in [5.74, 6) is 0. The summed E-state index contributed by atoms with van der Waals surface area (Å²) in [6.07, 6.45) is 22.3. The Labute approximate surface area is 191 Å². The maximum Gasteiger partial charge on any atom is 0.114 e. The van der Waals surface area contributed by atoms with Gasteiger partial charge in [0.1, 0.15) is 24.4 Å². The largest absolute Gasteiger partial charge is 0.394 e. The van der Waals surface area contributed by atoms with Crippen LogP contribution in [0.1, 0.15) is 110 Å². The molecule has 0 aromatic heterocycles. The summed E-state index contributed by atoms with van der Waals surface area (Å²) in [6.45, 7) is 2.70. The lowest BCUT2D eigenvalue weighted by atomic mass is 10.1. The molecule has 3 N–H and O–H groups in total. The van der Waals surface area contributed by atoms with Crippen LogP contribution < -0.4 is 0 Å². The summed E-state index contributed by atoms with van der Waals surface area (Å²) in [7, 11) is 0. The highest BCUT2D eigenvalue weighted by atomic mass is 16.6. The zero-order chi connectivity index (χ0) is 22.6. The number of rotatable bonds is 21. The molecule has 5 nitrogen and oxygen atoms in total. The fourth-order valence-corrected chi connectivity index (χ4v) is 4.14. The van der Waals surface area contributed by atoms with Crippen LogP contribution in [0, 0.1) is 0 Å². The van der Waals surface area contributed by atoms with E-state index in [1.807, 2.05) is 0 Å². The third kappa shape index (κ3) is 14.3. The van der Waals surface area contributed by atoms with Crippen LogP contribution in [0.3, 0.4) is 0 Å². The van der Waals surface area contributed by atoms with Crippen LogP contribution in [0.4, 0.5) is 0 Å². The molecule has 0 aromatic rings. The monoisotopic (exact) mass is 442 g/mol. The van der Waals surface area contributed by atoms with Crippen LogP contribution in [0.15, 0.2) is 12.2 Å². The van der Waals surface area contributed by atoms with Gasteiger partial charge in [-0.05, 0) is 32.1 Å². The van der Waals surface area contributed by atoms with Gasteiger partial charge in [-0.25, -0.2) is 0 Å². The summed E-state index contributed by atoms with van der Waals surface area (Å²) >= 11 is 0. The van der Waals surface area contributed by atoms with Crippen molar-refractivity contribution in [2.24, 2.45) is 0 Å². The normalized spacial score (nSPS) is 22.5. The van der Waals surface area contributed by atoms with Crippen molar-refractivity contribution in [2.75, 3.05) is 19.8 Å². The average molecular weight is 443 g/mol. The Morgan fingerprint density at radius 1 is 0.806 bits per heavy atom. The van der Waals surface area contributed by atoms with Gasteiger partial charge in [0.15, 0.2) is 0 Å². The van der Waals surface area contributed by atoms with Crippen molar-refractivity contribution >= 4 is 0 Å². The molecular weight excluding hydrogens is 392 g/mol. The second kappa shape index (κ2) is 20.2. The number of aliphatic hydroxyl groups excluding tert-OH is 3. The Morgan fingerprint density at radius 3 is 1.81 bits per heavy atom. The van der Waals surface area contributed by atoms with Crippen molar-refractivity contribution in [3.63, 3.8) is 0 Å². The average Bonchev–Trinajstić information content (AvgIpc) is 3.11. The predicted octanol–water partition coefficient (Wildman–Crippen LogP) is 5.30. The lowest BCUT2D eigenvalue weighted by molar-refractivity contribution is -0.101. The van der Waals surface area contributed by atoms with Crippen molar-refractivity contribution in [3.8, 4) is 0 Å². The molecule has 31 heavy (non-hydrogen) atoms. The number of unbranched alkanes of at least 4 members (excludes halogenated alkanes) is 14. The molecule has 1 aliphatic heterocycles. The van der Waals surface area contributed by atoms with Crippen molar-refractivity contribution < 1.29 is 24.8 Å². The standard InChI is InChI=1S/C26H50O5/c1-2-3-4-5-6-7-8-9-10-11-12-13-14-15-16-17-18-19-20-30-24(21-27)26-25(29)23(28)22-31-26/h14-15,23-29H,2-13,16-22H2,1H3/b15-14+/t23-,24+,25+,26+/m0/s1. The molecule has 0 amide bonds. The van der Waals surface area contributed by atoms with Gasteiger partial charge in [-0.15, -0.1) is 0 Å². The predicted molar refractivity (Wildman–Crippen MR) is 127 cm³/mol. The Bertz CT molecular complexity index is 415. The van der Waals surface area contributed by atoms with Gasteiger partial charge in [0.2, 0.25) is 0 Å². The molecular formula is C26H50O5. The third-order valence-electron chi connectivity index (χ3n) is 6.22. The highest BCUT2D eigenvalue weighted by molar-refractivity contribution is 4.88. The van der Waals surface area contributed by atoms with Crippen LogP contribution in [0.5, 0.6) is 0 Å². The molecule has 1 fully saturated rings. The quantitative estimate of drug-likeness (QED) is 0.166. The molecule has 1 rings (SSSR count). The minimum Gasteiger partial charge on any atom is -0.394 e. The molecule has 1 heterocycles. The smallest absolute Gasteiger partial charge is 0.114 e. The van der Waals surface area contributed by atoms with E-state index in [4.69, 9.17) is 9.47 Å². The van der Waals surface area contributed by atoms with Crippen LogP contribution in [0.2, 0.25) is 0 Å². The van der Waals surface area contributed by atoms with Crippen LogP contribution in [0.25, 0.3) is 0 Å². The van der Waals surface area contributed by atoms with Crippen LogP contribution in [-0.2, 0) is 9.47 Å². The van der Waals surface area contributed by atoms with E-state index in [0.717, 1.165) is 25.7 Å². The maximum atomic E-state index is 9.84. The fourth-order valence-electron chi connectivity index (χ4n) is 4.14. The lowest BCUT2D eigenvalue weighted by Crippen LogP contribution is -2.42. The Hall–Kier alpha value is -0.460. The SMILES string of the molecule is CCCCCCCCCCCCC/C=C/CCCCCO[C@H](CO)[C@H]1OC[C@H](O)[C@H]1O. The van der Waals surface area contributed by atoms with Crippen LogP contribution in [-0.4, -0.2) is 59.6 Å². The zero-order valence-electron chi connectivity index (χ0n) is 20.1. The first-order valence-corrected chi connectivity index (χ1v) is 13.1. The Kier molecular flexibility index (Phi) is 18.6. The summed E-state index contributed by atoms with van der Waals surface area (Å²) < 4.78 is 11.0. The van der Waals surface area contributed by atoms with Gasteiger partial charge in [0.25, 0.3) is 0 Å². The molecule has 0 aliphatic carbocycles. The van der Waals surface area contributed by atoms with Gasteiger partial charge in [0, 0.05) is 6.61 Å². The minimum absolute atomic E-state index is 0.0945. The molecule has 0 unspecified atom stereocenters. The first-order chi connectivity index (χ1) is 15.2. The van der Waals surface area contributed by atoms with E-state index >= 15 is 0 Å². The van der Waals surface area contributed by atoms with E-state index in [-0.39, 0.29) is 13.2 Å². The summed E-state index contributed by atoms with van der Waals surface area (Å²) in [5, 5.41) is 28.8. The molecule has 0 bridgehead atoms. The molecule has 4 atom stereocenters. The number of hydrogen-bond donors (Lipinski definition) is 3. The van der Waals surface area contributed by atoms with E-state index in [1.54, 1.807) is 0 Å². The fraction of sp³-hybridized carbons (Fsp3) is 0.923. The Balaban J connectivity index is 1.83.